The highest BCUT2D eigenvalue weighted by Crippen LogP contribution is 2.26. The van der Waals surface area contributed by atoms with Gasteiger partial charge in [0.15, 0.2) is 11.5 Å². The fraction of sp³-hybridized carbons (Fsp3) is 0.222. The largest absolute Gasteiger partial charge is 0.457 e. The summed E-state index contributed by atoms with van der Waals surface area (Å²) in [6.45, 7) is 3.51. The number of ether oxygens (including phenoxy) is 2. The molecule has 12 heteroatoms. The first-order chi connectivity index (χ1) is 23.3. The van der Waals surface area contributed by atoms with Crippen LogP contribution < -0.4 is 21.7 Å². The van der Waals surface area contributed by atoms with Gasteiger partial charge in [0.05, 0.1) is 17.3 Å². The quantitative estimate of drug-likeness (QED) is 0.113. The molecule has 1 heterocycles. The first-order valence-corrected chi connectivity index (χ1v) is 15.5. The maximum Gasteiger partial charge on any atom is 0.339 e. The predicted octanol–water partition coefficient (Wildman–Crippen LogP) is 5.06. The van der Waals surface area contributed by atoms with Crippen LogP contribution >= 0.6 is 0 Å². The Morgan fingerprint density at radius 3 is 2.10 bits per heavy atom. The van der Waals surface area contributed by atoms with Gasteiger partial charge in [0.1, 0.15) is 19.0 Å². The molecule has 0 radical (unpaired) electrons. The van der Waals surface area contributed by atoms with Crippen LogP contribution in [0.2, 0.25) is 0 Å². The number of carbonyl (C=O) groups excluding carboxylic acids is 4. The van der Waals surface area contributed by atoms with Crippen molar-refractivity contribution in [2.24, 2.45) is 5.73 Å². The molecule has 1 unspecified atom stereocenters. The summed E-state index contributed by atoms with van der Waals surface area (Å²) in [5, 5.41) is 9.29. The Morgan fingerprint density at radius 2 is 1.48 bits per heavy atom. The van der Waals surface area contributed by atoms with Gasteiger partial charge in [0.25, 0.3) is 5.91 Å². The molecular formula is C36H36N6O6. The standard InChI is InChI=1S/C36H36N6O6/c1-2-31(43)40-26-15-9-14-25(18-26)39-30-20-38-32(33(37)44)34(42-30)41-27-16-17-28(35(45)47-21-23-10-5-3-6-11-23)29(19-27)36(46)48-22-24-12-7-4-8-13-24/h2-8,10-13,16-17,19-20,25-26H,1,9,14-15,18,21-22H2,(H2,37,44)(H,40,43)(H2,39,41,42)/t25-,26?/m1/s1. The third-order valence-electron chi connectivity index (χ3n) is 7.71. The molecule has 1 aromatic heterocycles. The second-order valence-corrected chi connectivity index (χ2v) is 11.2. The molecule has 1 aliphatic carbocycles. The summed E-state index contributed by atoms with van der Waals surface area (Å²) in [6, 6.07) is 22.7. The average Bonchev–Trinajstić information content (AvgIpc) is 3.10. The zero-order chi connectivity index (χ0) is 33.9. The lowest BCUT2D eigenvalue weighted by Gasteiger charge is -2.30. The van der Waals surface area contributed by atoms with Gasteiger partial charge in [0, 0.05) is 17.8 Å². The highest BCUT2D eigenvalue weighted by Gasteiger charge is 2.25. The topological polar surface area (TPSA) is 175 Å². The molecule has 5 rings (SSSR count). The number of amides is 2. The molecule has 5 N–H and O–H groups in total. The molecule has 0 bridgehead atoms. The summed E-state index contributed by atoms with van der Waals surface area (Å²) < 4.78 is 11.1. The molecular weight excluding hydrogens is 612 g/mol. The zero-order valence-corrected chi connectivity index (χ0v) is 26.2. The van der Waals surface area contributed by atoms with Crippen LogP contribution in [0.4, 0.5) is 17.3 Å². The zero-order valence-electron chi connectivity index (χ0n) is 26.2. The van der Waals surface area contributed by atoms with Gasteiger partial charge in [-0.1, -0.05) is 67.2 Å². The van der Waals surface area contributed by atoms with E-state index in [1.807, 2.05) is 60.7 Å². The highest BCUT2D eigenvalue weighted by atomic mass is 16.5. The maximum absolute atomic E-state index is 13.4. The van der Waals surface area contributed by atoms with Crippen LogP contribution in [0.25, 0.3) is 0 Å². The van der Waals surface area contributed by atoms with E-state index in [0.717, 1.165) is 30.4 Å². The first kappa shape index (κ1) is 33.3. The minimum absolute atomic E-state index is 0.00145. The summed E-state index contributed by atoms with van der Waals surface area (Å²) in [5.41, 5.74) is 7.32. The molecule has 1 saturated carbocycles. The van der Waals surface area contributed by atoms with Crippen molar-refractivity contribution in [3.8, 4) is 0 Å². The van der Waals surface area contributed by atoms with Gasteiger partial charge < -0.3 is 31.2 Å². The van der Waals surface area contributed by atoms with Crippen molar-refractivity contribution in [1.82, 2.24) is 15.3 Å². The first-order valence-electron chi connectivity index (χ1n) is 15.5. The minimum Gasteiger partial charge on any atom is -0.457 e. The number of carbonyl (C=O) groups is 4. The number of aromatic nitrogens is 2. The van der Waals surface area contributed by atoms with Gasteiger partial charge in [-0.05, 0) is 61.1 Å². The van der Waals surface area contributed by atoms with Crippen LogP contribution in [0, 0.1) is 0 Å². The fourth-order valence-corrected chi connectivity index (χ4v) is 5.35. The van der Waals surface area contributed by atoms with Crippen molar-refractivity contribution < 1.29 is 28.7 Å². The van der Waals surface area contributed by atoms with Crippen LogP contribution in [0.1, 0.15) is 68.0 Å². The number of anilines is 3. The molecule has 12 nitrogen and oxygen atoms in total. The third kappa shape index (κ3) is 9.03. The van der Waals surface area contributed by atoms with E-state index >= 15 is 0 Å². The summed E-state index contributed by atoms with van der Waals surface area (Å²) in [7, 11) is 0. The number of primary amides is 1. The van der Waals surface area contributed by atoms with Crippen molar-refractivity contribution in [3.63, 3.8) is 0 Å². The lowest BCUT2D eigenvalue weighted by Crippen LogP contribution is -2.41. The minimum atomic E-state index is -0.815. The van der Waals surface area contributed by atoms with E-state index in [2.05, 4.69) is 32.5 Å². The fourth-order valence-electron chi connectivity index (χ4n) is 5.35. The van der Waals surface area contributed by atoms with Gasteiger partial charge >= 0.3 is 11.9 Å². The van der Waals surface area contributed by atoms with E-state index in [9.17, 15) is 19.2 Å². The van der Waals surface area contributed by atoms with Crippen LogP contribution in [-0.2, 0) is 27.5 Å². The molecule has 2 atom stereocenters. The van der Waals surface area contributed by atoms with E-state index in [4.69, 9.17) is 15.2 Å². The second-order valence-electron chi connectivity index (χ2n) is 11.2. The van der Waals surface area contributed by atoms with Crippen molar-refractivity contribution in [2.75, 3.05) is 10.6 Å². The number of benzene rings is 3. The van der Waals surface area contributed by atoms with Crippen LogP contribution in [0.15, 0.2) is 97.7 Å². The normalized spacial score (nSPS) is 15.4. The Balaban J connectivity index is 1.38. The van der Waals surface area contributed by atoms with Crippen molar-refractivity contribution in [3.05, 3.63) is 126 Å². The van der Waals surface area contributed by atoms with E-state index in [1.165, 1.54) is 24.4 Å². The Hall–Kier alpha value is -6.04. The average molecular weight is 649 g/mol. The van der Waals surface area contributed by atoms with E-state index in [-0.39, 0.29) is 53.8 Å². The lowest BCUT2D eigenvalue weighted by atomic mass is 9.91. The summed E-state index contributed by atoms with van der Waals surface area (Å²) in [4.78, 5) is 59.5. The predicted molar refractivity (Wildman–Crippen MR) is 179 cm³/mol. The van der Waals surface area contributed by atoms with E-state index in [0.29, 0.717) is 17.9 Å². The summed E-state index contributed by atoms with van der Waals surface area (Å²) in [6.07, 6.45) is 5.91. The van der Waals surface area contributed by atoms with Crippen molar-refractivity contribution in [2.45, 2.75) is 51.0 Å². The highest BCUT2D eigenvalue weighted by molar-refractivity contribution is 6.04. The number of hydrogen-bond acceptors (Lipinski definition) is 10. The number of esters is 2. The molecule has 1 aliphatic rings. The number of nitrogens with zero attached hydrogens (tertiary/aromatic N) is 2. The lowest BCUT2D eigenvalue weighted by molar-refractivity contribution is -0.117. The Morgan fingerprint density at radius 1 is 0.854 bits per heavy atom. The maximum atomic E-state index is 13.4. The van der Waals surface area contributed by atoms with Crippen LogP contribution in [0.5, 0.6) is 0 Å². The number of nitrogens with two attached hydrogens (primary N) is 1. The molecule has 0 aliphatic heterocycles. The Bertz CT molecular complexity index is 1780. The molecule has 48 heavy (non-hydrogen) atoms. The summed E-state index contributed by atoms with van der Waals surface area (Å²) in [5.74, 6) is -2.08. The number of rotatable bonds is 13. The molecule has 2 amide bonds. The smallest absolute Gasteiger partial charge is 0.339 e. The van der Waals surface area contributed by atoms with E-state index < -0.39 is 17.8 Å². The molecule has 0 spiro atoms. The van der Waals surface area contributed by atoms with Crippen molar-refractivity contribution in [1.29, 1.82) is 0 Å². The molecule has 4 aromatic rings. The van der Waals surface area contributed by atoms with Gasteiger partial charge in [-0.2, -0.15) is 0 Å². The number of nitrogens with one attached hydrogen (secondary N) is 3. The summed E-state index contributed by atoms with van der Waals surface area (Å²) >= 11 is 0. The SMILES string of the molecule is C=CC(=O)NC1CCC[C@@H](Nc2cnc(C(N)=O)c(Nc3ccc(C(=O)OCc4ccccc4)c(C(=O)OCc4ccccc4)c3)n2)C1. The molecule has 3 aromatic carbocycles. The van der Waals surface area contributed by atoms with Gasteiger partial charge in [-0.3, -0.25) is 9.59 Å². The van der Waals surface area contributed by atoms with Crippen LogP contribution in [0.3, 0.4) is 0 Å². The molecule has 1 fully saturated rings. The van der Waals surface area contributed by atoms with Gasteiger partial charge in [-0.15, -0.1) is 0 Å². The Kier molecular flexibility index (Phi) is 11.1. The molecule has 0 saturated heterocycles. The van der Waals surface area contributed by atoms with Gasteiger partial charge in [-0.25, -0.2) is 19.6 Å². The molecule has 246 valence electrons. The monoisotopic (exact) mass is 648 g/mol. The third-order valence-corrected chi connectivity index (χ3v) is 7.71. The van der Waals surface area contributed by atoms with Crippen LogP contribution in [-0.4, -0.2) is 45.8 Å². The van der Waals surface area contributed by atoms with E-state index in [1.54, 1.807) is 6.07 Å². The Labute approximate surface area is 277 Å². The van der Waals surface area contributed by atoms with Crippen molar-refractivity contribution >= 4 is 41.1 Å². The number of hydrogen-bond donors (Lipinski definition) is 4. The van der Waals surface area contributed by atoms with Gasteiger partial charge in [0.2, 0.25) is 5.91 Å². The second kappa shape index (κ2) is 16.0.